The number of methoxy groups -OCH3 is 3. The number of nitrogens with zero attached hydrogens (tertiary/aromatic N) is 3. The van der Waals surface area contributed by atoms with Gasteiger partial charge in [-0.3, -0.25) is 4.79 Å². The summed E-state index contributed by atoms with van der Waals surface area (Å²) in [5.74, 6) is 1.69. The highest BCUT2D eigenvalue weighted by Gasteiger charge is 2.36. The van der Waals surface area contributed by atoms with E-state index in [4.69, 9.17) is 18.9 Å². The first-order valence-corrected chi connectivity index (χ1v) is 11.0. The third-order valence-corrected chi connectivity index (χ3v) is 6.57. The van der Waals surface area contributed by atoms with Crippen molar-refractivity contribution in [2.24, 2.45) is 5.92 Å². The van der Waals surface area contributed by atoms with Crippen LogP contribution in [0.2, 0.25) is 0 Å². The molecule has 0 unspecified atom stereocenters. The third-order valence-electron chi connectivity index (χ3n) is 6.57. The van der Waals surface area contributed by atoms with Crippen LogP contribution in [-0.4, -0.2) is 61.4 Å². The van der Waals surface area contributed by atoms with Crippen molar-refractivity contribution >= 4 is 5.91 Å². The van der Waals surface area contributed by atoms with Gasteiger partial charge in [0, 0.05) is 31.4 Å². The van der Waals surface area contributed by atoms with Gasteiger partial charge < -0.3 is 23.8 Å². The van der Waals surface area contributed by atoms with Crippen molar-refractivity contribution < 1.29 is 23.7 Å². The molecule has 3 heterocycles. The predicted molar refractivity (Wildman–Crippen MR) is 118 cm³/mol. The van der Waals surface area contributed by atoms with Crippen LogP contribution in [0.1, 0.15) is 35.2 Å². The van der Waals surface area contributed by atoms with Gasteiger partial charge in [-0.05, 0) is 55.4 Å². The molecule has 172 valence electrons. The smallest absolute Gasteiger partial charge is 0.319 e. The summed E-state index contributed by atoms with van der Waals surface area (Å²) in [6, 6.07) is 6.49. The molecule has 0 bridgehead atoms. The van der Waals surface area contributed by atoms with Crippen molar-refractivity contribution in [3.05, 3.63) is 40.6 Å². The second-order valence-electron chi connectivity index (χ2n) is 8.34. The fourth-order valence-corrected chi connectivity index (χ4v) is 4.77. The van der Waals surface area contributed by atoms with E-state index in [0.717, 1.165) is 43.8 Å². The molecular formula is C24H31N3O5. The Bertz CT molecular complexity index is 974. The van der Waals surface area contributed by atoms with Gasteiger partial charge in [0.2, 0.25) is 11.8 Å². The number of amides is 1. The van der Waals surface area contributed by atoms with Crippen LogP contribution in [0.5, 0.6) is 17.6 Å². The van der Waals surface area contributed by atoms with E-state index in [1.165, 1.54) is 12.7 Å². The molecule has 0 N–H and O–H groups in total. The Morgan fingerprint density at radius 2 is 1.88 bits per heavy atom. The fourth-order valence-electron chi connectivity index (χ4n) is 4.77. The quantitative estimate of drug-likeness (QED) is 0.682. The van der Waals surface area contributed by atoms with Gasteiger partial charge in [0.15, 0.2) is 0 Å². The third kappa shape index (κ3) is 4.50. The maximum absolute atomic E-state index is 13.7. The molecule has 1 aromatic carbocycles. The zero-order valence-electron chi connectivity index (χ0n) is 19.2. The maximum Gasteiger partial charge on any atom is 0.319 e. The van der Waals surface area contributed by atoms with Crippen LogP contribution in [-0.2, 0) is 28.9 Å². The van der Waals surface area contributed by atoms with Gasteiger partial charge >= 0.3 is 6.01 Å². The average Bonchev–Trinajstić information content (AvgIpc) is 2.84. The van der Waals surface area contributed by atoms with Crippen LogP contribution in [0.4, 0.5) is 0 Å². The van der Waals surface area contributed by atoms with Crippen LogP contribution >= 0.6 is 0 Å². The van der Waals surface area contributed by atoms with Crippen LogP contribution in [0.15, 0.2) is 18.2 Å². The standard InChI is InChI=1S/C24H31N3O5/c1-15-20(23(30-3)26-24(25-15)31-4)13-22(28)27-14-17-5-6-19(29-2)11-18(17)12-21(27)16-7-9-32-10-8-16/h5-6,11,16,21H,7-10,12-14H2,1-4H3/t21-/m0/s1. The first-order valence-electron chi connectivity index (χ1n) is 11.0. The summed E-state index contributed by atoms with van der Waals surface area (Å²) in [4.78, 5) is 24.3. The minimum absolute atomic E-state index is 0.0538. The Morgan fingerprint density at radius 3 is 2.56 bits per heavy atom. The Labute approximate surface area is 188 Å². The number of ether oxygens (including phenoxy) is 4. The Morgan fingerprint density at radius 1 is 1.09 bits per heavy atom. The van der Waals surface area contributed by atoms with Gasteiger partial charge in [0.25, 0.3) is 0 Å². The number of hydrogen-bond donors (Lipinski definition) is 0. The maximum atomic E-state index is 13.7. The van der Waals surface area contributed by atoms with Crippen molar-refractivity contribution in [2.45, 2.75) is 45.2 Å². The highest BCUT2D eigenvalue weighted by atomic mass is 16.5. The van der Waals surface area contributed by atoms with Crippen molar-refractivity contribution in [1.82, 2.24) is 14.9 Å². The van der Waals surface area contributed by atoms with E-state index in [-0.39, 0.29) is 24.4 Å². The van der Waals surface area contributed by atoms with Gasteiger partial charge in [-0.2, -0.15) is 4.98 Å². The molecule has 2 aromatic rings. The average molecular weight is 442 g/mol. The first-order chi connectivity index (χ1) is 15.5. The second-order valence-corrected chi connectivity index (χ2v) is 8.34. The molecule has 0 spiro atoms. The lowest BCUT2D eigenvalue weighted by atomic mass is 9.82. The van der Waals surface area contributed by atoms with Crippen molar-refractivity contribution in [3.63, 3.8) is 0 Å². The summed E-state index contributed by atoms with van der Waals surface area (Å²) in [6.45, 7) is 3.92. The second kappa shape index (κ2) is 9.73. The molecule has 1 saturated heterocycles. The number of carbonyl (C=O) groups excluding carboxylic acids is 1. The minimum Gasteiger partial charge on any atom is -0.497 e. The van der Waals surface area contributed by atoms with Crippen LogP contribution in [0.3, 0.4) is 0 Å². The highest BCUT2D eigenvalue weighted by Crippen LogP contribution is 2.34. The summed E-state index contributed by atoms with van der Waals surface area (Å²) < 4.78 is 21.6. The van der Waals surface area contributed by atoms with E-state index in [1.807, 2.05) is 17.9 Å². The lowest BCUT2D eigenvalue weighted by Crippen LogP contribution is -2.50. The molecule has 1 atom stereocenters. The van der Waals surface area contributed by atoms with E-state index in [9.17, 15) is 4.79 Å². The van der Waals surface area contributed by atoms with E-state index in [0.29, 0.717) is 29.6 Å². The monoisotopic (exact) mass is 441 g/mol. The molecule has 2 aliphatic heterocycles. The molecule has 8 heteroatoms. The fraction of sp³-hybridized carbons (Fsp3) is 0.542. The normalized spacial score (nSPS) is 18.8. The number of aromatic nitrogens is 2. The van der Waals surface area contributed by atoms with Gasteiger partial charge in [-0.15, -0.1) is 0 Å². The van der Waals surface area contributed by atoms with Gasteiger partial charge in [-0.25, -0.2) is 4.98 Å². The van der Waals surface area contributed by atoms with E-state index >= 15 is 0 Å². The molecule has 0 aliphatic carbocycles. The topological polar surface area (TPSA) is 83.0 Å². The molecule has 1 aromatic heterocycles. The zero-order valence-corrected chi connectivity index (χ0v) is 19.2. The van der Waals surface area contributed by atoms with Crippen LogP contribution < -0.4 is 14.2 Å². The molecule has 4 rings (SSSR count). The van der Waals surface area contributed by atoms with Crippen LogP contribution in [0, 0.1) is 12.8 Å². The number of aryl methyl sites for hydroxylation is 1. The number of rotatable bonds is 6. The summed E-state index contributed by atoms with van der Waals surface area (Å²) in [5.41, 5.74) is 3.81. The largest absolute Gasteiger partial charge is 0.497 e. The molecule has 0 saturated carbocycles. The lowest BCUT2D eigenvalue weighted by molar-refractivity contribution is -0.136. The van der Waals surface area contributed by atoms with E-state index < -0.39 is 0 Å². The summed E-state index contributed by atoms with van der Waals surface area (Å²) in [6.07, 6.45) is 2.92. The molecule has 32 heavy (non-hydrogen) atoms. The van der Waals surface area contributed by atoms with E-state index in [1.54, 1.807) is 14.2 Å². The van der Waals surface area contributed by atoms with Crippen molar-refractivity contribution in [1.29, 1.82) is 0 Å². The molecular weight excluding hydrogens is 410 g/mol. The lowest BCUT2D eigenvalue weighted by Gasteiger charge is -2.42. The number of fused-ring (bicyclic) bond motifs is 1. The van der Waals surface area contributed by atoms with Gasteiger partial charge in [0.05, 0.1) is 33.4 Å². The highest BCUT2D eigenvalue weighted by molar-refractivity contribution is 5.80. The zero-order chi connectivity index (χ0) is 22.7. The van der Waals surface area contributed by atoms with Crippen molar-refractivity contribution in [2.75, 3.05) is 34.5 Å². The molecule has 2 aliphatic rings. The summed E-state index contributed by atoms with van der Waals surface area (Å²) >= 11 is 0. The molecule has 1 amide bonds. The van der Waals surface area contributed by atoms with E-state index in [2.05, 4.69) is 22.1 Å². The summed E-state index contributed by atoms with van der Waals surface area (Å²) in [7, 11) is 4.74. The SMILES string of the molecule is COc1ccc2c(c1)C[C@@H](C1CCOCC1)N(C(=O)Cc1c(C)nc(OC)nc1OC)C2. The Kier molecular flexibility index (Phi) is 6.79. The molecule has 8 nitrogen and oxygen atoms in total. The van der Waals surface area contributed by atoms with Gasteiger partial charge in [-0.1, -0.05) is 6.07 Å². The van der Waals surface area contributed by atoms with Gasteiger partial charge in [0.1, 0.15) is 5.75 Å². The Balaban J connectivity index is 1.64. The Hall–Kier alpha value is -2.87. The number of carbonyl (C=O) groups is 1. The minimum atomic E-state index is 0.0538. The number of hydrogen-bond acceptors (Lipinski definition) is 7. The van der Waals surface area contributed by atoms with Crippen molar-refractivity contribution in [3.8, 4) is 17.6 Å². The molecule has 1 fully saturated rings. The molecule has 0 radical (unpaired) electrons. The summed E-state index contributed by atoms with van der Waals surface area (Å²) in [5, 5.41) is 0. The number of benzene rings is 1. The predicted octanol–water partition coefficient (Wildman–Crippen LogP) is 2.73. The van der Waals surface area contributed by atoms with Crippen LogP contribution in [0.25, 0.3) is 0 Å². The first kappa shape index (κ1) is 22.3.